The SMILES string of the molecule is C=CCn1c(COc2cc(C)ccc2C)nnc1SCC(=O)N1CCOCC1. The predicted octanol–water partition coefficient (Wildman–Crippen LogP) is 2.61. The summed E-state index contributed by atoms with van der Waals surface area (Å²) >= 11 is 1.39. The van der Waals surface area contributed by atoms with Gasteiger partial charge in [0.25, 0.3) is 0 Å². The highest BCUT2D eigenvalue weighted by Gasteiger charge is 2.19. The molecule has 1 aromatic carbocycles. The van der Waals surface area contributed by atoms with E-state index in [1.54, 1.807) is 6.08 Å². The van der Waals surface area contributed by atoms with Gasteiger partial charge in [-0.15, -0.1) is 16.8 Å². The van der Waals surface area contributed by atoms with Crippen molar-refractivity contribution >= 4 is 17.7 Å². The Morgan fingerprint density at radius 2 is 2.11 bits per heavy atom. The van der Waals surface area contributed by atoms with E-state index in [1.165, 1.54) is 11.8 Å². The first-order valence-electron chi connectivity index (χ1n) is 9.30. The Balaban J connectivity index is 1.64. The average molecular weight is 403 g/mol. The Kier molecular flexibility index (Phi) is 7.11. The lowest BCUT2D eigenvalue weighted by Gasteiger charge is -2.26. The van der Waals surface area contributed by atoms with Crippen LogP contribution in [0.25, 0.3) is 0 Å². The Hall–Kier alpha value is -2.32. The number of hydrogen-bond donors (Lipinski definition) is 0. The quantitative estimate of drug-likeness (QED) is 0.499. The summed E-state index contributed by atoms with van der Waals surface area (Å²) in [7, 11) is 0. The van der Waals surface area contributed by atoms with Gasteiger partial charge in [-0.3, -0.25) is 9.36 Å². The minimum atomic E-state index is 0.0923. The van der Waals surface area contributed by atoms with Gasteiger partial charge in [-0.1, -0.05) is 30.0 Å². The molecule has 2 heterocycles. The number of nitrogens with zero attached hydrogens (tertiary/aromatic N) is 4. The Bertz CT molecular complexity index is 831. The van der Waals surface area contributed by atoms with E-state index in [2.05, 4.69) is 22.8 Å². The summed E-state index contributed by atoms with van der Waals surface area (Å²) < 4.78 is 13.2. The number of ether oxygens (including phenoxy) is 2. The fraction of sp³-hybridized carbons (Fsp3) is 0.450. The van der Waals surface area contributed by atoms with Crippen molar-refractivity contribution in [2.75, 3.05) is 32.1 Å². The number of rotatable bonds is 8. The summed E-state index contributed by atoms with van der Waals surface area (Å²) in [5, 5.41) is 9.22. The number of carbonyl (C=O) groups excluding carboxylic acids is 1. The molecule has 1 aromatic heterocycles. The van der Waals surface area contributed by atoms with Gasteiger partial charge in [-0.25, -0.2) is 0 Å². The highest BCUT2D eigenvalue weighted by molar-refractivity contribution is 7.99. The molecule has 28 heavy (non-hydrogen) atoms. The maximum absolute atomic E-state index is 12.4. The van der Waals surface area contributed by atoms with Crippen molar-refractivity contribution < 1.29 is 14.3 Å². The number of thioether (sulfide) groups is 1. The zero-order valence-electron chi connectivity index (χ0n) is 16.4. The summed E-state index contributed by atoms with van der Waals surface area (Å²) in [6.45, 7) is 11.2. The van der Waals surface area contributed by atoms with E-state index < -0.39 is 0 Å². The predicted molar refractivity (Wildman–Crippen MR) is 109 cm³/mol. The number of aromatic nitrogens is 3. The molecule has 1 fully saturated rings. The number of carbonyl (C=O) groups is 1. The largest absolute Gasteiger partial charge is 0.485 e. The Labute approximate surface area is 169 Å². The van der Waals surface area contributed by atoms with E-state index in [9.17, 15) is 4.79 Å². The third-order valence-electron chi connectivity index (χ3n) is 4.49. The maximum Gasteiger partial charge on any atom is 0.233 e. The summed E-state index contributed by atoms with van der Waals surface area (Å²) in [5.74, 6) is 1.97. The van der Waals surface area contributed by atoms with Crippen molar-refractivity contribution in [1.29, 1.82) is 0 Å². The molecule has 8 heteroatoms. The van der Waals surface area contributed by atoms with E-state index >= 15 is 0 Å². The number of benzene rings is 1. The molecule has 0 radical (unpaired) electrons. The fourth-order valence-electron chi connectivity index (χ4n) is 2.88. The van der Waals surface area contributed by atoms with Crippen LogP contribution in [0.3, 0.4) is 0 Å². The van der Waals surface area contributed by atoms with Crippen molar-refractivity contribution in [2.24, 2.45) is 0 Å². The second-order valence-corrected chi connectivity index (χ2v) is 7.58. The number of hydrogen-bond acceptors (Lipinski definition) is 6. The molecule has 3 rings (SSSR count). The molecule has 1 aliphatic heterocycles. The molecule has 0 bridgehead atoms. The molecular formula is C20H26N4O3S. The molecule has 150 valence electrons. The van der Waals surface area contributed by atoms with Crippen LogP contribution < -0.4 is 4.74 Å². The molecule has 1 amide bonds. The number of aryl methyl sites for hydroxylation is 2. The molecule has 1 aliphatic rings. The highest BCUT2D eigenvalue weighted by atomic mass is 32.2. The van der Waals surface area contributed by atoms with Gasteiger partial charge in [0.05, 0.1) is 19.0 Å². The monoisotopic (exact) mass is 402 g/mol. The summed E-state index contributed by atoms with van der Waals surface area (Å²) in [6, 6.07) is 6.11. The third-order valence-corrected chi connectivity index (χ3v) is 5.45. The van der Waals surface area contributed by atoms with Crippen molar-refractivity contribution in [3.05, 3.63) is 47.8 Å². The molecule has 0 N–H and O–H groups in total. The molecule has 0 atom stereocenters. The van der Waals surface area contributed by atoms with Gasteiger partial charge in [0.15, 0.2) is 11.0 Å². The maximum atomic E-state index is 12.4. The topological polar surface area (TPSA) is 69.5 Å². The summed E-state index contributed by atoms with van der Waals surface area (Å²) in [4.78, 5) is 14.2. The summed E-state index contributed by atoms with van der Waals surface area (Å²) in [6.07, 6.45) is 1.79. The number of allylic oxidation sites excluding steroid dienone is 1. The molecule has 0 unspecified atom stereocenters. The van der Waals surface area contributed by atoms with Crippen LogP contribution in [0.2, 0.25) is 0 Å². The van der Waals surface area contributed by atoms with Gasteiger partial charge in [0.2, 0.25) is 5.91 Å². The molecule has 2 aromatic rings. The van der Waals surface area contributed by atoms with E-state index in [4.69, 9.17) is 9.47 Å². The fourth-order valence-corrected chi connectivity index (χ4v) is 3.75. The molecule has 7 nitrogen and oxygen atoms in total. The minimum absolute atomic E-state index is 0.0923. The zero-order chi connectivity index (χ0) is 19.9. The van der Waals surface area contributed by atoms with E-state index in [1.807, 2.05) is 35.4 Å². The number of morpholine rings is 1. The van der Waals surface area contributed by atoms with Crippen molar-refractivity contribution in [3.63, 3.8) is 0 Å². The van der Waals surface area contributed by atoms with Crippen LogP contribution in [0.4, 0.5) is 0 Å². The molecule has 0 spiro atoms. The van der Waals surface area contributed by atoms with Crippen LogP contribution in [0.15, 0.2) is 36.0 Å². The van der Waals surface area contributed by atoms with Crippen LogP contribution in [-0.4, -0.2) is 57.6 Å². The lowest BCUT2D eigenvalue weighted by atomic mass is 10.1. The van der Waals surface area contributed by atoms with Crippen LogP contribution in [0.5, 0.6) is 5.75 Å². The van der Waals surface area contributed by atoms with Crippen LogP contribution >= 0.6 is 11.8 Å². The second-order valence-electron chi connectivity index (χ2n) is 6.64. The van der Waals surface area contributed by atoms with Gasteiger partial charge in [0.1, 0.15) is 12.4 Å². The van der Waals surface area contributed by atoms with Gasteiger partial charge >= 0.3 is 0 Å². The zero-order valence-corrected chi connectivity index (χ0v) is 17.2. The molecule has 0 aliphatic carbocycles. The molecule has 1 saturated heterocycles. The average Bonchev–Trinajstić information content (AvgIpc) is 3.09. The lowest BCUT2D eigenvalue weighted by molar-refractivity contribution is -0.132. The van der Waals surface area contributed by atoms with Crippen LogP contribution in [0.1, 0.15) is 17.0 Å². The van der Waals surface area contributed by atoms with Crippen LogP contribution in [-0.2, 0) is 22.7 Å². The Morgan fingerprint density at radius 3 is 2.86 bits per heavy atom. The summed E-state index contributed by atoms with van der Waals surface area (Å²) in [5.41, 5.74) is 2.22. The Morgan fingerprint density at radius 1 is 1.32 bits per heavy atom. The first-order chi connectivity index (χ1) is 13.6. The lowest BCUT2D eigenvalue weighted by Crippen LogP contribution is -2.41. The smallest absolute Gasteiger partial charge is 0.233 e. The normalized spacial score (nSPS) is 14.1. The highest BCUT2D eigenvalue weighted by Crippen LogP contribution is 2.22. The van der Waals surface area contributed by atoms with E-state index in [0.29, 0.717) is 56.2 Å². The number of amides is 1. The van der Waals surface area contributed by atoms with Crippen molar-refractivity contribution in [1.82, 2.24) is 19.7 Å². The van der Waals surface area contributed by atoms with Crippen molar-refractivity contribution in [3.8, 4) is 5.75 Å². The first kappa shape index (κ1) is 20.4. The second kappa shape index (κ2) is 9.75. The first-order valence-corrected chi connectivity index (χ1v) is 10.3. The van der Waals surface area contributed by atoms with Crippen LogP contribution in [0, 0.1) is 13.8 Å². The van der Waals surface area contributed by atoms with E-state index in [0.717, 1.165) is 16.9 Å². The minimum Gasteiger partial charge on any atom is -0.485 e. The van der Waals surface area contributed by atoms with Gasteiger partial charge < -0.3 is 14.4 Å². The molecule has 0 saturated carbocycles. The van der Waals surface area contributed by atoms with Gasteiger partial charge in [-0.2, -0.15) is 0 Å². The standard InChI is InChI=1S/C20H26N4O3S/c1-4-7-24-18(13-27-17-12-15(2)5-6-16(17)3)21-22-20(24)28-14-19(25)23-8-10-26-11-9-23/h4-6,12H,1,7-11,13-14H2,2-3H3. The van der Waals surface area contributed by atoms with Gasteiger partial charge in [0, 0.05) is 19.6 Å². The van der Waals surface area contributed by atoms with E-state index in [-0.39, 0.29) is 5.91 Å². The van der Waals surface area contributed by atoms with Gasteiger partial charge in [-0.05, 0) is 31.0 Å². The third kappa shape index (κ3) is 5.14. The molecular weight excluding hydrogens is 376 g/mol. The van der Waals surface area contributed by atoms with Crippen molar-refractivity contribution in [2.45, 2.75) is 32.2 Å².